The lowest BCUT2D eigenvalue weighted by Crippen LogP contribution is -2.13. The second-order valence-electron chi connectivity index (χ2n) is 5.83. The Morgan fingerprint density at radius 1 is 0.500 bits per heavy atom. The second-order valence-corrected chi connectivity index (χ2v) is 5.83. The minimum atomic E-state index is 0.551. The highest BCUT2D eigenvalue weighted by Gasteiger charge is 2.12. The van der Waals surface area contributed by atoms with Crippen LogP contribution in [0.3, 0.4) is 0 Å². The summed E-state index contributed by atoms with van der Waals surface area (Å²) in [6, 6.07) is 27.8. The van der Waals surface area contributed by atoms with E-state index < -0.39 is 0 Å². The molecule has 0 unspecified atom stereocenters. The molecule has 3 aromatic rings. The normalized spacial score (nSPS) is 10.3. The summed E-state index contributed by atoms with van der Waals surface area (Å²) < 4.78 is 0. The Labute approximate surface area is 142 Å². The van der Waals surface area contributed by atoms with Gasteiger partial charge in [-0.05, 0) is 11.1 Å². The van der Waals surface area contributed by atoms with Crippen molar-refractivity contribution >= 4 is 11.4 Å². The van der Waals surface area contributed by atoms with E-state index in [2.05, 4.69) is 0 Å². The monoisotopic (exact) mass is 312 g/mol. The Morgan fingerprint density at radius 2 is 0.833 bits per heavy atom. The Bertz CT molecular complexity index is 764. The van der Waals surface area contributed by atoms with Crippen LogP contribution in [0.1, 0.15) is 22.3 Å². The predicted octanol–water partition coefficient (Wildman–Crippen LogP) is 4.91. The van der Waals surface area contributed by atoms with E-state index in [1.807, 2.05) is 84.9 Å². The fourth-order valence-corrected chi connectivity index (χ4v) is 2.80. The molecule has 0 aliphatic rings. The van der Waals surface area contributed by atoms with Gasteiger partial charge in [0.15, 0.2) is 0 Å². The fraction of sp³-hybridized carbons (Fsp3) is 0.0909. The lowest BCUT2D eigenvalue weighted by Gasteiger charge is -2.12. The molecule has 0 fully saturated rings. The quantitative estimate of drug-likeness (QED) is 0.608. The molecule has 3 aromatic carbocycles. The van der Waals surface area contributed by atoms with Gasteiger partial charge >= 0.3 is 0 Å². The molecule has 0 spiro atoms. The van der Waals surface area contributed by atoms with Crippen LogP contribution in [0.5, 0.6) is 0 Å². The summed E-state index contributed by atoms with van der Waals surface area (Å²) in [4.78, 5) is 0. The molecule has 0 radical (unpaired) electrons. The molecule has 24 heavy (non-hydrogen) atoms. The summed E-state index contributed by atoms with van der Waals surface area (Å²) >= 11 is 0. The highest BCUT2D eigenvalue weighted by molar-refractivity contribution is 6.11. The second kappa shape index (κ2) is 7.51. The van der Waals surface area contributed by atoms with E-state index in [0.717, 1.165) is 22.3 Å². The van der Waals surface area contributed by atoms with Crippen LogP contribution in [0.4, 0.5) is 0 Å². The van der Waals surface area contributed by atoms with Gasteiger partial charge in [-0.25, -0.2) is 0 Å². The van der Waals surface area contributed by atoms with Crippen LogP contribution in [0, 0.1) is 10.8 Å². The fourth-order valence-electron chi connectivity index (χ4n) is 2.80. The molecule has 0 heterocycles. The minimum absolute atomic E-state index is 0.551. The summed E-state index contributed by atoms with van der Waals surface area (Å²) in [5.74, 6) is 0. The zero-order valence-electron chi connectivity index (χ0n) is 13.5. The standard InChI is InChI=1S/C22H20N2/c23-21(15-17-9-3-1-4-10-17)19-13-7-8-14-20(19)22(24)16-18-11-5-2-6-12-18/h1-14,23-24H,15-16H2. The molecule has 2 N–H and O–H groups in total. The minimum Gasteiger partial charge on any atom is -0.304 e. The molecule has 0 aliphatic heterocycles. The molecular weight excluding hydrogens is 292 g/mol. The molecule has 0 atom stereocenters. The average molecular weight is 312 g/mol. The molecule has 0 bridgehead atoms. The summed E-state index contributed by atoms with van der Waals surface area (Å²) in [6.45, 7) is 0. The van der Waals surface area contributed by atoms with E-state index in [-0.39, 0.29) is 0 Å². The molecule has 0 aliphatic carbocycles. The van der Waals surface area contributed by atoms with Gasteiger partial charge in [-0.3, -0.25) is 0 Å². The van der Waals surface area contributed by atoms with Crippen molar-refractivity contribution in [3.05, 3.63) is 107 Å². The number of rotatable bonds is 6. The van der Waals surface area contributed by atoms with E-state index in [1.54, 1.807) is 0 Å². The first kappa shape index (κ1) is 15.9. The number of hydrogen-bond acceptors (Lipinski definition) is 2. The van der Waals surface area contributed by atoms with Crippen LogP contribution in [-0.2, 0) is 12.8 Å². The molecule has 118 valence electrons. The van der Waals surface area contributed by atoms with Gasteiger partial charge in [0.25, 0.3) is 0 Å². The van der Waals surface area contributed by atoms with Crippen LogP contribution >= 0.6 is 0 Å². The molecule has 2 heteroatoms. The third kappa shape index (κ3) is 3.85. The predicted molar refractivity (Wildman–Crippen MR) is 100 cm³/mol. The SMILES string of the molecule is N=C(Cc1ccccc1)c1ccccc1C(=N)Cc1ccccc1. The number of benzene rings is 3. The molecule has 0 saturated heterocycles. The maximum Gasteiger partial charge on any atom is 0.0436 e. The molecule has 2 nitrogen and oxygen atoms in total. The average Bonchev–Trinajstić information content (AvgIpc) is 2.63. The first-order valence-corrected chi connectivity index (χ1v) is 8.06. The van der Waals surface area contributed by atoms with Crippen LogP contribution in [0.2, 0.25) is 0 Å². The van der Waals surface area contributed by atoms with Gasteiger partial charge in [-0.15, -0.1) is 0 Å². The van der Waals surface area contributed by atoms with Gasteiger partial charge in [-0.1, -0.05) is 84.9 Å². The van der Waals surface area contributed by atoms with Gasteiger partial charge in [0, 0.05) is 35.4 Å². The van der Waals surface area contributed by atoms with E-state index in [4.69, 9.17) is 10.8 Å². The third-order valence-electron chi connectivity index (χ3n) is 4.02. The van der Waals surface area contributed by atoms with Gasteiger partial charge in [-0.2, -0.15) is 0 Å². The highest BCUT2D eigenvalue weighted by atomic mass is 14.5. The van der Waals surface area contributed by atoms with Crippen molar-refractivity contribution in [3.8, 4) is 0 Å². The van der Waals surface area contributed by atoms with Crippen LogP contribution in [0.25, 0.3) is 0 Å². The van der Waals surface area contributed by atoms with E-state index in [0.29, 0.717) is 24.3 Å². The van der Waals surface area contributed by atoms with Crippen molar-refractivity contribution in [2.24, 2.45) is 0 Å². The smallest absolute Gasteiger partial charge is 0.0436 e. The van der Waals surface area contributed by atoms with Crippen molar-refractivity contribution in [2.75, 3.05) is 0 Å². The van der Waals surface area contributed by atoms with Crippen LogP contribution in [-0.4, -0.2) is 11.4 Å². The molecule has 0 aromatic heterocycles. The van der Waals surface area contributed by atoms with Gasteiger partial charge in [0.2, 0.25) is 0 Å². The van der Waals surface area contributed by atoms with E-state index in [9.17, 15) is 0 Å². The Kier molecular flexibility index (Phi) is 4.97. The largest absolute Gasteiger partial charge is 0.304 e. The topological polar surface area (TPSA) is 47.7 Å². The van der Waals surface area contributed by atoms with Crippen molar-refractivity contribution in [3.63, 3.8) is 0 Å². The maximum atomic E-state index is 8.48. The zero-order chi connectivity index (χ0) is 16.8. The Morgan fingerprint density at radius 3 is 1.21 bits per heavy atom. The van der Waals surface area contributed by atoms with Gasteiger partial charge in [0.1, 0.15) is 0 Å². The highest BCUT2D eigenvalue weighted by Crippen LogP contribution is 2.16. The van der Waals surface area contributed by atoms with Gasteiger partial charge < -0.3 is 10.8 Å². The summed E-state index contributed by atoms with van der Waals surface area (Å²) in [7, 11) is 0. The number of hydrogen-bond donors (Lipinski definition) is 2. The first-order chi connectivity index (χ1) is 11.7. The van der Waals surface area contributed by atoms with Crippen molar-refractivity contribution in [1.29, 1.82) is 10.8 Å². The van der Waals surface area contributed by atoms with Crippen molar-refractivity contribution < 1.29 is 0 Å². The lowest BCUT2D eigenvalue weighted by atomic mass is 9.93. The third-order valence-corrected chi connectivity index (χ3v) is 4.02. The van der Waals surface area contributed by atoms with Crippen LogP contribution < -0.4 is 0 Å². The Balaban J connectivity index is 1.82. The summed E-state index contributed by atoms with van der Waals surface area (Å²) in [5, 5.41) is 17.0. The molecule has 3 rings (SSSR count). The van der Waals surface area contributed by atoms with E-state index in [1.165, 1.54) is 0 Å². The lowest BCUT2D eigenvalue weighted by molar-refractivity contribution is 1.25. The molecular formula is C22H20N2. The summed E-state index contributed by atoms with van der Waals surface area (Å²) in [5.41, 5.74) is 5.03. The van der Waals surface area contributed by atoms with Crippen molar-refractivity contribution in [2.45, 2.75) is 12.8 Å². The Hall–Kier alpha value is -3.00. The number of nitrogens with one attached hydrogen (secondary N) is 2. The molecule has 0 amide bonds. The van der Waals surface area contributed by atoms with Crippen molar-refractivity contribution in [1.82, 2.24) is 0 Å². The maximum absolute atomic E-state index is 8.48. The molecule has 0 saturated carbocycles. The van der Waals surface area contributed by atoms with Crippen LogP contribution in [0.15, 0.2) is 84.9 Å². The summed E-state index contributed by atoms with van der Waals surface area (Å²) in [6.07, 6.45) is 1.16. The van der Waals surface area contributed by atoms with Gasteiger partial charge in [0.05, 0.1) is 0 Å². The van der Waals surface area contributed by atoms with E-state index >= 15 is 0 Å². The zero-order valence-corrected chi connectivity index (χ0v) is 13.5. The first-order valence-electron chi connectivity index (χ1n) is 8.06.